The molecule has 7 rings (SSSR count). The third-order valence-electron chi connectivity index (χ3n) is 9.81. The Morgan fingerprint density at radius 2 is 1.83 bits per heavy atom. The van der Waals surface area contributed by atoms with E-state index in [9.17, 15) is 9.90 Å². The van der Waals surface area contributed by atoms with E-state index in [1.165, 1.54) is 17.5 Å². The number of benzene rings is 3. The SMILES string of the molecule is CCn1nc(C2CCN([C@H]3CCNC3)CC2)c2cc(-c3nc4cc(C)c([C@H](OC(C)(C)C)C(=O)O)c(-c5ccc(Cl)cc5)c4s3)ccc21. The Morgan fingerprint density at radius 1 is 1.10 bits per heavy atom. The Hall–Kier alpha value is -3.34. The molecule has 2 aromatic heterocycles. The molecule has 8 nitrogen and oxygen atoms in total. The van der Waals surface area contributed by atoms with Crippen LogP contribution in [0.3, 0.4) is 0 Å². The van der Waals surface area contributed by atoms with Crippen molar-refractivity contribution in [3.05, 3.63) is 70.4 Å². The van der Waals surface area contributed by atoms with Gasteiger partial charge < -0.3 is 15.2 Å². The summed E-state index contributed by atoms with van der Waals surface area (Å²) in [5, 5.41) is 21.8. The van der Waals surface area contributed by atoms with Gasteiger partial charge >= 0.3 is 5.97 Å². The van der Waals surface area contributed by atoms with Gasteiger partial charge in [-0.25, -0.2) is 9.78 Å². The number of likely N-dealkylation sites (tertiary alicyclic amines) is 1. The van der Waals surface area contributed by atoms with Crippen molar-refractivity contribution in [1.29, 1.82) is 0 Å². The Labute approximate surface area is 291 Å². The van der Waals surface area contributed by atoms with E-state index < -0.39 is 17.7 Å². The van der Waals surface area contributed by atoms with Gasteiger partial charge in [0.05, 0.1) is 27.0 Å². The number of hydrogen-bond donors (Lipinski definition) is 2. The number of nitrogens with one attached hydrogen (secondary N) is 1. The molecule has 2 aliphatic heterocycles. The molecule has 0 saturated carbocycles. The fourth-order valence-corrected chi connectivity index (χ4v) is 8.78. The van der Waals surface area contributed by atoms with Crippen LogP contribution in [0, 0.1) is 6.92 Å². The molecule has 0 spiro atoms. The molecule has 0 radical (unpaired) electrons. The van der Waals surface area contributed by atoms with E-state index in [-0.39, 0.29) is 0 Å². The number of rotatable bonds is 8. The van der Waals surface area contributed by atoms with Crippen molar-refractivity contribution < 1.29 is 14.6 Å². The molecule has 0 amide bonds. The van der Waals surface area contributed by atoms with Crippen LogP contribution >= 0.6 is 22.9 Å². The van der Waals surface area contributed by atoms with Crippen LogP contribution in [-0.2, 0) is 16.1 Å². The molecule has 10 heteroatoms. The second kappa shape index (κ2) is 13.2. The van der Waals surface area contributed by atoms with Gasteiger partial charge in [0.15, 0.2) is 6.10 Å². The normalized spacial score (nSPS) is 18.7. The van der Waals surface area contributed by atoms with Gasteiger partial charge in [0.1, 0.15) is 5.01 Å². The Balaban J connectivity index is 1.32. The molecular formula is C38H44ClN5O3S. The lowest BCUT2D eigenvalue weighted by Crippen LogP contribution is -2.42. The van der Waals surface area contributed by atoms with Crippen LogP contribution in [0.1, 0.15) is 75.8 Å². The summed E-state index contributed by atoms with van der Waals surface area (Å²) >= 11 is 7.89. The smallest absolute Gasteiger partial charge is 0.337 e. The lowest BCUT2D eigenvalue weighted by molar-refractivity contribution is -0.160. The van der Waals surface area contributed by atoms with Gasteiger partial charge in [-0.3, -0.25) is 9.58 Å². The quantitative estimate of drug-likeness (QED) is 0.169. The highest BCUT2D eigenvalue weighted by Crippen LogP contribution is 2.45. The molecule has 3 aromatic carbocycles. The number of hydrogen-bond acceptors (Lipinski definition) is 7. The van der Waals surface area contributed by atoms with E-state index in [0.29, 0.717) is 22.5 Å². The summed E-state index contributed by atoms with van der Waals surface area (Å²) in [5.41, 5.74) is 6.73. The summed E-state index contributed by atoms with van der Waals surface area (Å²) in [4.78, 5) is 20.6. The molecule has 2 atom stereocenters. The summed E-state index contributed by atoms with van der Waals surface area (Å²) < 4.78 is 9.26. The molecule has 0 aliphatic carbocycles. The number of fused-ring (bicyclic) bond motifs is 2. The number of piperidine rings is 1. The highest BCUT2D eigenvalue weighted by atomic mass is 35.5. The van der Waals surface area contributed by atoms with Gasteiger partial charge in [-0.1, -0.05) is 23.7 Å². The summed E-state index contributed by atoms with van der Waals surface area (Å²) in [5.74, 6) is -0.599. The van der Waals surface area contributed by atoms with Crippen molar-refractivity contribution in [3.8, 4) is 21.7 Å². The number of ether oxygens (including phenoxy) is 1. The van der Waals surface area contributed by atoms with Crippen molar-refractivity contribution in [2.24, 2.45) is 0 Å². The summed E-state index contributed by atoms with van der Waals surface area (Å²) in [7, 11) is 0. The van der Waals surface area contributed by atoms with Crippen LogP contribution in [0.2, 0.25) is 5.02 Å². The first-order valence-electron chi connectivity index (χ1n) is 17.1. The van der Waals surface area contributed by atoms with Crippen LogP contribution in [0.25, 0.3) is 42.8 Å². The van der Waals surface area contributed by atoms with Crippen molar-refractivity contribution in [3.63, 3.8) is 0 Å². The summed E-state index contributed by atoms with van der Waals surface area (Å²) in [6.45, 7) is 15.0. The topological polar surface area (TPSA) is 92.5 Å². The van der Waals surface area contributed by atoms with Gasteiger partial charge in [0.2, 0.25) is 0 Å². The van der Waals surface area contributed by atoms with E-state index in [4.69, 9.17) is 26.4 Å². The predicted octanol–water partition coefficient (Wildman–Crippen LogP) is 8.44. The molecule has 2 saturated heterocycles. The Bertz CT molecular complexity index is 1960. The van der Waals surface area contributed by atoms with Crippen LogP contribution < -0.4 is 5.32 Å². The number of thiazole rings is 1. The minimum atomic E-state index is -1.15. The van der Waals surface area contributed by atoms with Crippen LogP contribution in [0.5, 0.6) is 0 Å². The van der Waals surface area contributed by atoms with E-state index in [0.717, 1.165) is 88.6 Å². The third kappa shape index (κ3) is 6.39. The number of halogens is 1. The number of carboxylic acid groups (broad SMARTS) is 1. The molecule has 5 aromatic rings. The first-order valence-corrected chi connectivity index (χ1v) is 18.3. The minimum absolute atomic E-state index is 0.425. The molecule has 48 heavy (non-hydrogen) atoms. The Morgan fingerprint density at radius 3 is 2.48 bits per heavy atom. The van der Waals surface area contributed by atoms with Crippen molar-refractivity contribution in [2.45, 2.75) is 84.1 Å². The van der Waals surface area contributed by atoms with Crippen molar-refractivity contribution >= 4 is 50.0 Å². The van der Waals surface area contributed by atoms with Crippen molar-refractivity contribution in [2.75, 3.05) is 26.2 Å². The average molecular weight is 686 g/mol. The number of nitrogens with zero attached hydrogens (tertiary/aromatic N) is 4. The first kappa shape index (κ1) is 33.2. The minimum Gasteiger partial charge on any atom is -0.479 e. The number of aliphatic carboxylic acids is 1. The summed E-state index contributed by atoms with van der Waals surface area (Å²) in [6.07, 6.45) is 2.32. The first-order chi connectivity index (χ1) is 23.0. The molecule has 4 heterocycles. The number of aryl methyl sites for hydroxylation is 2. The molecule has 2 N–H and O–H groups in total. The van der Waals surface area contributed by atoms with Gasteiger partial charge in [-0.05, 0) is 121 Å². The van der Waals surface area contributed by atoms with E-state index >= 15 is 0 Å². The van der Waals surface area contributed by atoms with Crippen LogP contribution in [0.4, 0.5) is 0 Å². The molecule has 2 fully saturated rings. The lowest BCUT2D eigenvalue weighted by atomic mass is 9.90. The largest absolute Gasteiger partial charge is 0.479 e. The number of aromatic nitrogens is 3. The predicted molar refractivity (Wildman–Crippen MR) is 195 cm³/mol. The fourth-order valence-electron chi connectivity index (χ4n) is 7.53. The zero-order valence-corrected chi connectivity index (χ0v) is 29.9. The van der Waals surface area contributed by atoms with E-state index in [2.05, 4.69) is 40.0 Å². The van der Waals surface area contributed by atoms with Gasteiger partial charge in [-0.15, -0.1) is 11.3 Å². The van der Waals surface area contributed by atoms with Gasteiger partial charge in [-0.2, -0.15) is 5.10 Å². The van der Waals surface area contributed by atoms with Gasteiger partial charge in [0.25, 0.3) is 0 Å². The molecule has 2 aliphatic rings. The molecule has 0 unspecified atom stereocenters. The zero-order chi connectivity index (χ0) is 33.7. The number of carbonyl (C=O) groups is 1. The Kier molecular flexibility index (Phi) is 9.10. The number of carboxylic acids is 1. The van der Waals surface area contributed by atoms with Gasteiger partial charge in [0, 0.05) is 52.1 Å². The maximum Gasteiger partial charge on any atom is 0.337 e. The lowest BCUT2D eigenvalue weighted by Gasteiger charge is -2.35. The average Bonchev–Trinajstić information content (AvgIpc) is 3.82. The summed E-state index contributed by atoms with van der Waals surface area (Å²) in [6, 6.07) is 16.8. The highest BCUT2D eigenvalue weighted by Gasteiger charge is 2.33. The monoisotopic (exact) mass is 685 g/mol. The second-order valence-corrected chi connectivity index (χ2v) is 15.6. The highest BCUT2D eigenvalue weighted by molar-refractivity contribution is 7.22. The molecular weight excluding hydrogens is 642 g/mol. The van der Waals surface area contributed by atoms with Crippen LogP contribution in [-0.4, -0.2) is 68.6 Å². The van der Waals surface area contributed by atoms with E-state index in [1.807, 2.05) is 58.0 Å². The maximum absolute atomic E-state index is 12.8. The zero-order valence-electron chi connectivity index (χ0n) is 28.3. The third-order valence-corrected chi connectivity index (χ3v) is 11.2. The maximum atomic E-state index is 12.8. The standard InChI is InChI=1S/C38H44ClN5O3S/c1-6-44-30-12-9-25(20-28(30)33(42-44)24-14-17-43(18-15-24)27-13-16-40-21-27)36-41-29-19-22(2)31(34(37(45)46)47-38(3,4)5)32(35(29)48-36)23-7-10-26(39)11-8-23/h7-12,19-20,24,27,34,40H,6,13-18,21H2,1-5H3,(H,45,46)/t27-,34-/m0/s1. The van der Waals surface area contributed by atoms with Crippen LogP contribution in [0.15, 0.2) is 48.5 Å². The molecule has 252 valence electrons. The molecule has 0 bridgehead atoms. The second-order valence-electron chi connectivity index (χ2n) is 14.2. The van der Waals surface area contributed by atoms with E-state index in [1.54, 1.807) is 11.3 Å². The van der Waals surface area contributed by atoms with Crippen molar-refractivity contribution in [1.82, 2.24) is 25.0 Å². The fraction of sp³-hybridized carbons (Fsp3) is 0.447.